The number of fused-ring (bicyclic) bond motifs is 1. The standard InChI is InChI=1S/C20H22ClN3O3S3/c1-12(2)14-3-4-15-16(11-14)28-20(22-15)23-19(25)13-7-9-24(10-8-13)30(26,27)18-6-5-17(21)29-18/h3-6,11-13H,7-10H2,1-2H3,(H,22,23,25). The molecule has 2 aromatic heterocycles. The van der Waals surface area contributed by atoms with Crippen molar-refractivity contribution in [2.45, 2.75) is 36.8 Å². The van der Waals surface area contributed by atoms with Gasteiger partial charge in [0.15, 0.2) is 5.13 Å². The summed E-state index contributed by atoms with van der Waals surface area (Å²) in [6.07, 6.45) is 0.957. The molecule has 1 aliphatic heterocycles. The van der Waals surface area contributed by atoms with Gasteiger partial charge < -0.3 is 5.32 Å². The molecule has 0 spiro atoms. The highest BCUT2D eigenvalue weighted by molar-refractivity contribution is 7.91. The first-order valence-electron chi connectivity index (χ1n) is 9.71. The summed E-state index contributed by atoms with van der Waals surface area (Å²) in [5.74, 6) is 0.0946. The van der Waals surface area contributed by atoms with Crippen LogP contribution in [-0.2, 0) is 14.8 Å². The van der Waals surface area contributed by atoms with E-state index >= 15 is 0 Å². The fraction of sp³-hybridized carbons (Fsp3) is 0.400. The molecule has 1 N–H and O–H groups in total. The van der Waals surface area contributed by atoms with Gasteiger partial charge in [0.2, 0.25) is 5.91 Å². The first kappa shape index (κ1) is 21.7. The summed E-state index contributed by atoms with van der Waals surface area (Å²) >= 11 is 8.39. The van der Waals surface area contributed by atoms with Crippen molar-refractivity contribution < 1.29 is 13.2 Å². The van der Waals surface area contributed by atoms with Crippen LogP contribution >= 0.6 is 34.3 Å². The van der Waals surface area contributed by atoms with Gasteiger partial charge in [-0.3, -0.25) is 4.79 Å². The summed E-state index contributed by atoms with van der Waals surface area (Å²) in [6.45, 7) is 4.91. The van der Waals surface area contributed by atoms with Crippen LogP contribution in [0.25, 0.3) is 10.2 Å². The lowest BCUT2D eigenvalue weighted by Gasteiger charge is -2.29. The normalized spacial score (nSPS) is 16.4. The van der Waals surface area contributed by atoms with Crippen molar-refractivity contribution in [3.8, 4) is 0 Å². The lowest BCUT2D eigenvalue weighted by Crippen LogP contribution is -2.41. The van der Waals surface area contributed by atoms with E-state index < -0.39 is 10.0 Å². The van der Waals surface area contributed by atoms with Gasteiger partial charge >= 0.3 is 0 Å². The molecular formula is C20H22ClN3O3S3. The molecule has 160 valence electrons. The summed E-state index contributed by atoms with van der Waals surface area (Å²) in [4.78, 5) is 17.2. The van der Waals surface area contributed by atoms with E-state index in [9.17, 15) is 13.2 Å². The average Bonchev–Trinajstić information content (AvgIpc) is 3.33. The Balaban J connectivity index is 1.39. The summed E-state index contributed by atoms with van der Waals surface area (Å²) in [5.41, 5.74) is 2.11. The van der Waals surface area contributed by atoms with Crippen LogP contribution in [0.3, 0.4) is 0 Å². The zero-order valence-electron chi connectivity index (χ0n) is 16.6. The average molecular weight is 484 g/mol. The van der Waals surface area contributed by atoms with Crippen molar-refractivity contribution in [2.75, 3.05) is 18.4 Å². The number of halogens is 1. The zero-order chi connectivity index (χ0) is 21.5. The minimum absolute atomic E-state index is 0.102. The Hall–Kier alpha value is -1.52. The van der Waals surface area contributed by atoms with Gasteiger partial charge in [-0.25, -0.2) is 13.4 Å². The highest BCUT2D eigenvalue weighted by Gasteiger charge is 2.33. The topological polar surface area (TPSA) is 79.4 Å². The van der Waals surface area contributed by atoms with Crippen molar-refractivity contribution in [1.82, 2.24) is 9.29 Å². The Bertz CT molecular complexity index is 1180. The van der Waals surface area contributed by atoms with Gasteiger partial charge in [0.1, 0.15) is 4.21 Å². The van der Waals surface area contributed by atoms with Gasteiger partial charge in [0.25, 0.3) is 10.0 Å². The number of anilines is 1. The fourth-order valence-corrected chi connectivity index (χ4v) is 7.51. The van der Waals surface area contributed by atoms with Crippen molar-refractivity contribution in [2.24, 2.45) is 5.92 Å². The molecule has 0 aliphatic carbocycles. The molecule has 1 saturated heterocycles. The lowest BCUT2D eigenvalue weighted by molar-refractivity contribution is -0.120. The number of benzene rings is 1. The van der Waals surface area contributed by atoms with Crippen LogP contribution in [0.4, 0.5) is 5.13 Å². The Morgan fingerprint density at radius 3 is 2.57 bits per heavy atom. The van der Waals surface area contributed by atoms with E-state index in [1.165, 1.54) is 27.3 Å². The number of rotatable bonds is 5. The molecule has 3 heterocycles. The number of nitrogens with one attached hydrogen (secondary N) is 1. The first-order valence-corrected chi connectivity index (χ1v) is 13.2. The number of carbonyl (C=O) groups excluding carboxylic acids is 1. The van der Waals surface area contributed by atoms with E-state index in [0.29, 0.717) is 41.3 Å². The van der Waals surface area contributed by atoms with Crippen LogP contribution in [-0.4, -0.2) is 36.7 Å². The number of hydrogen-bond acceptors (Lipinski definition) is 6. The smallest absolute Gasteiger partial charge is 0.252 e. The minimum Gasteiger partial charge on any atom is -0.302 e. The molecule has 1 aromatic carbocycles. The number of amides is 1. The van der Waals surface area contributed by atoms with Crippen LogP contribution in [0.2, 0.25) is 4.34 Å². The highest BCUT2D eigenvalue weighted by Crippen LogP contribution is 2.32. The summed E-state index contributed by atoms with van der Waals surface area (Å²) in [7, 11) is -3.55. The van der Waals surface area contributed by atoms with Crippen molar-refractivity contribution in [1.29, 1.82) is 0 Å². The van der Waals surface area contributed by atoms with Crippen molar-refractivity contribution >= 4 is 65.6 Å². The Morgan fingerprint density at radius 1 is 1.20 bits per heavy atom. The maximum absolute atomic E-state index is 12.7. The molecule has 0 radical (unpaired) electrons. The number of sulfonamides is 1. The molecule has 0 bridgehead atoms. The number of nitrogens with zero attached hydrogens (tertiary/aromatic N) is 2. The third-order valence-corrected chi connectivity index (χ3v) is 9.81. The Morgan fingerprint density at radius 2 is 1.93 bits per heavy atom. The SMILES string of the molecule is CC(C)c1ccc2nc(NC(=O)C3CCN(S(=O)(=O)c4ccc(Cl)s4)CC3)sc2c1. The molecular weight excluding hydrogens is 462 g/mol. The van der Waals surface area contributed by atoms with Gasteiger partial charge in [-0.1, -0.05) is 42.9 Å². The van der Waals surface area contributed by atoms with Gasteiger partial charge in [0, 0.05) is 19.0 Å². The number of piperidine rings is 1. The second-order valence-corrected chi connectivity index (χ2v) is 12.5. The molecule has 10 heteroatoms. The fourth-order valence-electron chi connectivity index (χ4n) is 3.48. The van der Waals surface area contributed by atoms with Gasteiger partial charge in [-0.15, -0.1) is 11.3 Å². The van der Waals surface area contributed by atoms with Gasteiger partial charge in [0.05, 0.1) is 14.6 Å². The quantitative estimate of drug-likeness (QED) is 0.542. The van der Waals surface area contributed by atoms with E-state index in [2.05, 4.69) is 36.3 Å². The monoisotopic (exact) mass is 483 g/mol. The molecule has 4 rings (SSSR count). The molecule has 0 unspecified atom stereocenters. The van der Waals surface area contributed by atoms with Gasteiger partial charge in [-0.2, -0.15) is 4.31 Å². The summed E-state index contributed by atoms with van der Waals surface area (Å²) in [5, 5.41) is 3.51. The van der Waals surface area contributed by atoms with Gasteiger partial charge in [-0.05, 0) is 48.6 Å². The summed E-state index contributed by atoms with van der Waals surface area (Å²) in [6, 6.07) is 9.28. The van der Waals surface area contributed by atoms with Crippen molar-refractivity contribution in [3.63, 3.8) is 0 Å². The molecule has 1 fully saturated rings. The van der Waals surface area contributed by atoms with Crippen LogP contribution in [0.5, 0.6) is 0 Å². The second-order valence-electron chi connectivity index (χ2n) is 7.63. The molecule has 1 amide bonds. The number of thiazole rings is 1. The van der Waals surface area contributed by atoms with Crippen LogP contribution in [0, 0.1) is 5.92 Å². The zero-order valence-corrected chi connectivity index (χ0v) is 19.8. The van der Waals surface area contributed by atoms with Crippen molar-refractivity contribution in [3.05, 3.63) is 40.2 Å². The number of hydrogen-bond donors (Lipinski definition) is 1. The molecule has 30 heavy (non-hydrogen) atoms. The lowest BCUT2D eigenvalue weighted by atomic mass is 9.97. The van der Waals surface area contributed by atoms with E-state index in [4.69, 9.17) is 11.6 Å². The number of aromatic nitrogens is 1. The van der Waals surface area contributed by atoms with Crippen LogP contribution < -0.4 is 5.32 Å². The maximum atomic E-state index is 12.7. The molecule has 0 atom stereocenters. The third kappa shape index (κ3) is 4.40. The van der Waals surface area contributed by atoms with E-state index in [0.717, 1.165) is 21.6 Å². The second kappa shape index (κ2) is 8.55. The van der Waals surface area contributed by atoms with Crippen LogP contribution in [0.1, 0.15) is 38.2 Å². The predicted molar refractivity (Wildman–Crippen MR) is 123 cm³/mol. The van der Waals surface area contributed by atoms with E-state index in [1.807, 2.05) is 6.07 Å². The Kier molecular flexibility index (Phi) is 6.18. The molecule has 0 saturated carbocycles. The first-order chi connectivity index (χ1) is 14.2. The Labute approximate surface area is 188 Å². The molecule has 1 aliphatic rings. The molecule has 3 aromatic rings. The summed E-state index contributed by atoms with van der Waals surface area (Å²) < 4.78 is 28.6. The predicted octanol–water partition coefficient (Wildman–Crippen LogP) is 5.17. The largest absolute Gasteiger partial charge is 0.302 e. The number of thiophene rings is 1. The third-order valence-electron chi connectivity index (χ3n) is 5.28. The number of carbonyl (C=O) groups is 1. The highest BCUT2D eigenvalue weighted by atomic mass is 35.5. The van der Waals surface area contributed by atoms with E-state index in [1.54, 1.807) is 6.07 Å². The van der Waals surface area contributed by atoms with E-state index in [-0.39, 0.29) is 16.0 Å². The minimum atomic E-state index is -3.55. The maximum Gasteiger partial charge on any atom is 0.252 e. The van der Waals surface area contributed by atoms with Crippen LogP contribution in [0.15, 0.2) is 34.5 Å². The molecule has 6 nitrogen and oxygen atoms in total.